The Morgan fingerprint density at radius 3 is 2.52 bits per heavy atom. The van der Waals surface area contributed by atoms with E-state index in [-0.39, 0.29) is 18.0 Å². The summed E-state index contributed by atoms with van der Waals surface area (Å²) in [5.41, 5.74) is 0.822. The fourth-order valence-electron chi connectivity index (χ4n) is 2.86. The zero-order valence-corrected chi connectivity index (χ0v) is 12.5. The molecular formula is C15H18ClN3O2. The first-order valence-corrected chi connectivity index (χ1v) is 7.62. The molecule has 1 N–H and O–H groups in total. The summed E-state index contributed by atoms with van der Waals surface area (Å²) >= 11 is 5.86. The first kappa shape index (κ1) is 14.2. The Bertz CT molecular complexity index is 540. The molecule has 2 aliphatic rings. The Hall–Kier alpha value is -1.75. The first-order chi connectivity index (χ1) is 10.1. The standard InChI is InChI=1S/C15H18ClN3O2/c16-11-3-5-13(6-4-11)19-10-12(9-14(19)20)17-15(21)18-7-1-2-8-18/h3-6,12H,1-2,7-10H2,(H,17,21). The number of nitrogens with zero attached hydrogens (tertiary/aromatic N) is 2. The van der Waals surface area contributed by atoms with Crippen LogP contribution in [-0.4, -0.2) is 42.5 Å². The lowest BCUT2D eigenvalue weighted by molar-refractivity contribution is -0.117. The zero-order chi connectivity index (χ0) is 14.8. The summed E-state index contributed by atoms with van der Waals surface area (Å²) in [6.07, 6.45) is 2.48. The zero-order valence-electron chi connectivity index (χ0n) is 11.7. The number of carbonyl (C=O) groups excluding carboxylic acids is 2. The normalized spacial score (nSPS) is 22.0. The second kappa shape index (κ2) is 5.93. The number of anilines is 1. The summed E-state index contributed by atoms with van der Waals surface area (Å²) in [4.78, 5) is 27.7. The van der Waals surface area contributed by atoms with Crippen molar-refractivity contribution in [1.82, 2.24) is 10.2 Å². The van der Waals surface area contributed by atoms with Crippen molar-refractivity contribution in [1.29, 1.82) is 0 Å². The topological polar surface area (TPSA) is 52.7 Å². The number of urea groups is 1. The number of hydrogen-bond donors (Lipinski definition) is 1. The van der Waals surface area contributed by atoms with Crippen LogP contribution in [0.4, 0.5) is 10.5 Å². The molecule has 2 fully saturated rings. The van der Waals surface area contributed by atoms with Gasteiger partial charge in [0.1, 0.15) is 0 Å². The Labute approximate surface area is 128 Å². The van der Waals surface area contributed by atoms with Crippen molar-refractivity contribution in [3.8, 4) is 0 Å². The highest BCUT2D eigenvalue weighted by Gasteiger charge is 2.32. The van der Waals surface area contributed by atoms with Crippen LogP contribution < -0.4 is 10.2 Å². The van der Waals surface area contributed by atoms with Gasteiger partial charge in [0, 0.05) is 36.8 Å². The first-order valence-electron chi connectivity index (χ1n) is 7.25. The number of rotatable bonds is 2. The Morgan fingerprint density at radius 2 is 1.86 bits per heavy atom. The SMILES string of the molecule is O=C(NC1CC(=O)N(c2ccc(Cl)cc2)C1)N1CCCC1. The second-order valence-corrected chi connectivity index (χ2v) is 5.96. The Morgan fingerprint density at radius 1 is 1.19 bits per heavy atom. The molecule has 6 heteroatoms. The molecule has 1 aromatic carbocycles. The predicted octanol–water partition coefficient (Wildman–Crippen LogP) is 2.25. The lowest BCUT2D eigenvalue weighted by atomic mass is 10.2. The smallest absolute Gasteiger partial charge is 0.317 e. The van der Waals surface area contributed by atoms with Gasteiger partial charge in [0.25, 0.3) is 0 Å². The molecule has 0 aliphatic carbocycles. The van der Waals surface area contributed by atoms with Gasteiger partial charge in [0.05, 0.1) is 6.04 Å². The molecule has 0 saturated carbocycles. The Balaban J connectivity index is 1.61. The van der Waals surface area contributed by atoms with Crippen molar-refractivity contribution < 1.29 is 9.59 Å². The van der Waals surface area contributed by atoms with E-state index >= 15 is 0 Å². The van der Waals surface area contributed by atoms with Crippen LogP contribution >= 0.6 is 11.6 Å². The highest BCUT2D eigenvalue weighted by Crippen LogP contribution is 2.23. The Kier molecular flexibility index (Phi) is 4.01. The highest BCUT2D eigenvalue weighted by molar-refractivity contribution is 6.30. The molecule has 2 saturated heterocycles. The number of nitrogens with one attached hydrogen (secondary N) is 1. The van der Waals surface area contributed by atoms with Crippen LogP contribution in [0.2, 0.25) is 5.02 Å². The molecule has 0 radical (unpaired) electrons. The quantitative estimate of drug-likeness (QED) is 0.911. The van der Waals surface area contributed by atoms with Gasteiger partial charge >= 0.3 is 6.03 Å². The van der Waals surface area contributed by atoms with Crippen molar-refractivity contribution >= 4 is 29.2 Å². The van der Waals surface area contributed by atoms with E-state index in [1.807, 2.05) is 17.0 Å². The predicted molar refractivity (Wildman–Crippen MR) is 81.5 cm³/mol. The summed E-state index contributed by atoms with van der Waals surface area (Å²) in [5, 5.41) is 3.60. The molecular weight excluding hydrogens is 290 g/mol. The van der Waals surface area contributed by atoms with Gasteiger partial charge in [0.2, 0.25) is 5.91 Å². The van der Waals surface area contributed by atoms with Gasteiger partial charge in [-0.1, -0.05) is 11.6 Å². The summed E-state index contributed by atoms with van der Waals surface area (Å²) in [7, 11) is 0. The maximum Gasteiger partial charge on any atom is 0.317 e. The monoisotopic (exact) mass is 307 g/mol. The summed E-state index contributed by atoms with van der Waals surface area (Å²) < 4.78 is 0. The fraction of sp³-hybridized carbons (Fsp3) is 0.467. The number of likely N-dealkylation sites (tertiary alicyclic amines) is 1. The number of carbonyl (C=O) groups is 2. The van der Waals surface area contributed by atoms with Crippen molar-refractivity contribution in [2.24, 2.45) is 0 Å². The molecule has 0 spiro atoms. The molecule has 0 bridgehead atoms. The summed E-state index contributed by atoms with van der Waals surface area (Å²) in [5.74, 6) is 0.0315. The minimum Gasteiger partial charge on any atom is -0.333 e. The van der Waals surface area contributed by atoms with Gasteiger partial charge < -0.3 is 15.1 Å². The largest absolute Gasteiger partial charge is 0.333 e. The van der Waals surface area contributed by atoms with Gasteiger partial charge in [0.15, 0.2) is 0 Å². The number of hydrogen-bond acceptors (Lipinski definition) is 2. The average molecular weight is 308 g/mol. The molecule has 1 atom stereocenters. The highest BCUT2D eigenvalue weighted by atomic mass is 35.5. The van der Waals surface area contributed by atoms with Crippen LogP contribution in [0.1, 0.15) is 19.3 Å². The molecule has 1 unspecified atom stereocenters. The van der Waals surface area contributed by atoms with Gasteiger partial charge in [-0.2, -0.15) is 0 Å². The molecule has 112 valence electrons. The number of benzene rings is 1. The van der Waals surface area contributed by atoms with Crippen LogP contribution in [0.15, 0.2) is 24.3 Å². The molecule has 2 heterocycles. The third kappa shape index (κ3) is 3.13. The lowest BCUT2D eigenvalue weighted by Gasteiger charge is -2.20. The molecule has 21 heavy (non-hydrogen) atoms. The van der Waals surface area contributed by atoms with Crippen molar-refractivity contribution in [3.05, 3.63) is 29.3 Å². The van der Waals surface area contributed by atoms with Gasteiger partial charge in [-0.25, -0.2) is 4.79 Å². The van der Waals surface area contributed by atoms with E-state index in [9.17, 15) is 9.59 Å². The summed E-state index contributed by atoms with van der Waals surface area (Å²) in [6, 6.07) is 7.00. The minimum atomic E-state index is -0.124. The van der Waals surface area contributed by atoms with E-state index < -0.39 is 0 Å². The maximum absolute atomic E-state index is 12.1. The number of halogens is 1. The second-order valence-electron chi connectivity index (χ2n) is 5.53. The van der Waals surface area contributed by atoms with E-state index in [0.29, 0.717) is 18.0 Å². The van der Waals surface area contributed by atoms with E-state index in [0.717, 1.165) is 31.6 Å². The fourth-order valence-corrected chi connectivity index (χ4v) is 2.99. The molecule has 3 rings (SSSR count). The van der Waals surface area contributed by atoms with Gasteiger partial charge in [-0.05, 0) is 37.1 Å². The van der Waals surface area contributed by atoms with Crippen LogP contribution in [0, 0.1) is 0 Å². The average Bonchev–Trinajstić information content (AvgIpc) is 3.10. The van der Waals surface area contributed by atoms with E-state index in [1.165, 1.54) is 0 Å². The van der Waals surface area contributed by atoms with Crippen LogP contribution in [0.5, 0.6) is 0 Å². The van der Waals surface area contributed by atoms with Gasteiger partial charge in [-0.15, -0.1) is 0 Å². The minimum absolute atomic E-state index is 0.0315. The third-order valence-electron chi connectivity index (χ3n) is 3.98. The van der Waals surface area contributed by atoms with Crippen LogP contribution in [0.3, 0.4) is 0 Å². The van der Waals surface area contributed by atoms with Crippen molar-refractivity contribution in [3.63, 3.8) is 0 Å². The lowest BCUT2D eigenvalue weighted by Crippen LogP contribution is -2.44. The van der Waals surface area contributed by atoms with Crippen molar-refractivity contribution in [2.75, 3.05) is 24.5 Å². The van der Waals surface area contributed by atoms with Crippen LogP contribution in [0.25, 0.3) is 0 Å². The number of amides is 3. The molecule has 2 aliphatic heterocycles. The molecule has 0 aromatic heterocycles. The van der Waals surface area contributed by atoms with E-state index in [1.54, 1.807) is 17.0 Å². The molecule has 3 amide bonds. The van der Waals surface area contributed by atoms with E-state index in [4.69, 9.17) is 11.6 Å². The molecule has 1 aromatic rings. The van der Waals surface area contributed by atoms with E-state index in [2.05, 4.69) is 5.32 Å². The maximum atomic E-state index is 12.1. The van der Waals surface area contributed by atoms with Crippen molar-refractivity contribution in [2.45, 2.75) is 25.3 Å². The molecule has 5 nitrogen and oxygen atoms in total. The third-order valence-corrected chi connectivity index (χ3v) is 4.24. The van der Waals surface area contributed by atoms with Gasteiger partial charge in [-0.3, -0.25) is 4.79 Å². The summed E-state index contributed by atoms with van der Waals surface area (Å²) in [6.45, 7) is 2.14. The van der Waals surface area contributed by atoms with Crippen LogP contribution in [-0.2, 0) is 4.79 Å².